The van der Waals surface area contributed by atoms with E-state index >= 15 is 0 Å². The molecular weight excluding hydrogens is 522 g/mol. The molecule has 2 aromatic carbocycles. The lowest BCUT2D eigenvalue weighted by molar-refractivity contribution is -0.0428. The van der Waals surface area contributed by atoms with Crippen LogP contribution in [0.15, 0.2) is 76.4 Å². The first-order chi connectivity index (χ1) is 17.5. The van der Waals surface area contributed by atoms with Gasteiger partial charge in [-0.2, -0.15) is 0 Å². The molecular formula is C26H29ClF2N2O5Si. The summed E-state index contributed by atoms with van der Waals surface area (Å²) in [5.74, 6) is 0. The number of rotatable bonds is 7. The fourth-order valence-electron chi connectivity index (χ4n) is 4.88. The summed E-state index contributed by atoms with van der Waals surface area (Å²) in [6.45, 7) is 6.24. The van der Waals surface area contributed by atoms with E-state index in [1.54, 1.807) is 0 Å². The summed E-state index contributed by atoms with van der Waals surface area (Å²) in [7, 11) is -2.96. The molecule has 1 saturated heterocycles. The molecule has 7 nitrogen and oxygen atoms in total. The number of aromatic nitrogens is 2. The number of nitrogens with one attached hydrogen (secondary N) is 1. The third-order valence-electron chi connectivity index (χ3n) is 6.68. The molecule has 1 aliphatic rings. The molecule has 1 aromatic heterocycles. The van der Waals surface area contributed by atoms with E-state index in [-0.39, 0.29) is 11.6 Å². The third kappa shape index (κ3) is 5.08. The van der Waals surface area contributed by atoms with Crippen molar-refractivity contribution in [2.75, 3.05) is 6.61 Å². The number of aliphatic hydroxyl groups is 1. The van der Waals surface area contributed by atoms with E-state index in [1.807, 2.05) is 65.6 Å². The Morgan fingerprint density at radius 3 is 2.11 bits per heavy atom. The number of nitrogens with zero attached hydrogens (tertiary/aromatic N) is 1. The van der Waals surface area contributed by atoms with Crippen LogP contribution in [-0.2, 0) is 9.16 Å². The molecule has 1 fully saturated rings. The summed E-state index contributed by atoms with van der Waals surface area (Å²) in [5.41, 5.74) is -3.05. The quantitative estimate of drug-likeness (QED) is 0.348. The van der Waals surface area contributed by atoms with Crippen molar-refractivity contribution in [2.24, 2.45) is 0 Å². The average molecular weight is 551 g/mol. The van der Waals surface area contributed by atoms with Crippen LogP contribution in [0.4, 0.5) is 8.78 Å². The van der Waals surface area contributed by atoms with Gasteiger partial charge in [0.1, 0.15) is 17.6 Å². The van der Waals surface area contributed by atoms with Crippen molar-refractivity contribution in [2.45, 2.75) is 56.0 Å². The molecule has 0 aliphatic carbocycles. The van der Waals surface area contributed by atoms with Gasteiger partial charge in [-0.05, 0) is 15.4 Å². The Morgan fingerprint density at radius 1 is 1.08 bits per heavy atom. The predicted octanol–water partition coefficient (Wildman–Crippen LogP) is 2.92. The molecule has 1 aliphatic heterocycles. The normalized spacial score (nSPS) is 22.5. The van der Waals surface area contributed by atoms with Gasteiger partial charge in [-0.15, -0.1) is 11.6 Å². The zero-order valence-corrected chi connectivity index (χ0v) is 22.4. The second-order valence-electron chi connectivity index (χ2n) is 10.0. The highest BCUT2D eigenvalue weighted by Crippen LogP contribution is 2.39. The smallest absolute Gasteiger partial charge is 0.330 e. The summed E-state index contributed by atoms with van der Waals surface area (Å²) in [5, 5.41) is 11.5. The summed E-state index contributed by atoms with van der Waals surface area (Å²) < 4.78 is 40.1. The predicted molar refractivity (Wildman–Crippen MR) is 139 cm³/mol. The number of H-pyrrole nitrogens is 1. The molecule has 0 amide bonds. The maximum atomic E-state index is 13.3. The molecule has 0 radical (unpaired) electrons. The number of benzene rings is 2. The van der Waals surface area contributed by atoms with Crippen molar-refractivity contribution in [1.82, 2.24) is 9.55 Å². The Hall–Kier alpha value is -2.63. The lowest BCUT2D eigenvalue weighted by Crippen LogP contribution is -2.67. The van der Waals surface area contributed by atoms with Crippen LogP contribution in [0.25, 0.3) is 0 Å². The Labute approximate surface area is 218 Å². The number of aromatic amines is 1. The zero-order valence-electron chi connectivity index (χ0n) is 20.6. The van der Waals surface area contributed by atoms with Gasteiger partial charge in [0, 0.05) is 6.20 Å². The minimum absolute atomic E-state index is 0.0615. The van der Waals surface area contributed by atoms with E-state index in [4.69, 9.17) is 20.8 Å². The molecule has 0 bridgehead atoms. The van der Waals surface area contributed by atoms with Crippen LogP contribution in [0.2, 0.25) is 5.04 Å². The van der Waals surface area contributed by atoms with Crippen LogP contribution in [-0.4, -0.2) is 47.2 Å². The van der Waals surface area contributed by atoms with Gasteiger partial charge in [0.15, 0.2) is 6.23 Å². The molecule has 3 aromatic rings. The van der Waals surface area contributed by atoms with Crippen molar-refractivity contribution in [1.29, 1.82) is 0 Å². The number of aliphatic hydroxyl groups excluding tert-OH is 1. The average Bonchev–Trinajstić information content (AvgIpc) is 3.13. The highest BCUT2D eigenvalue weighted by atomic mass is 35.5. The first-order valence-electron chi connectivity index (χ1n) is 11.8. The van der Waals surface area contributed by atoms with E-state index in [0.717, 1.165) is 21.1 Å². The summed E-state index contributed by atoms with van der Waals surface area (Å²) in [4.78, 5) is 26.0. The standard InChI is InChI=1S/C26H29ClF2N2O5Si/c1-26(2,3)37(16-10-6-4-7-11-16,17-12-8-5-9-13-17)35-15-19-21(32)20(27)24(36-19)31-14-18(22(28)29)23(33)30-25(31)34/h4-14,19-22,24,32H,15H2,1-3H3,(H,30,33,34)/t19-,20?,21?,24-/m0/s1. The highest BCUT2D eigenvalue weighted by Gasteiger charge is 2.52. The van der Waals surface area contributed by atoms with Crippen molar-refractivity contribution in [3.05, 3.63) is 93.3 Å². The third-order valence-corrected chi connectivity index (χ3v) is 12.2. The minimum atomic E-state index is -3.11. The monoisotopic (exact) mass is 550 g/mol. The highest BCUT2D eigenvalue weighted by molar-refractivity contribution is 6.99. The van der Waals surface area contributed by atoms with E-state index in [2.05, 4.69) is 20.8 Å². The van der Waals surface area contributed by atoms with Gasteiger partial charge in [0.2, 0.25) is 0 Å². The first-order valence-corrected chi connectivity index (χ1v) is 14.2. The van der Waals surface area contributed by atoms with Crippen LogP contribution in [0.3, 0.4) is 0 Å². The largest absolute Gasteiger partial charge is 0.405 e. The fraction of sp³-hybridized carbons (Fsp3) is 0.385. The lowest BCUT2D eigenvalue weighted by Gasteiger charge is -2.43. The number of hydrogen-bond acceptors (Lipinski definition) is 5. The van der Waals surface area contributed by atoms with Gasteiger partial charge in [-0.1, -0.05) is 81.4 Å². The van der Waals surface area contributed by atoms with Crippen molar-refractivity contribution in [3.63, 3.8) is 0 Å². The number of hydrogen-bond donors (Lipinski definition) is 2. The van der Waals surface area contributed by atoms with Gasteiger partial charge in [-0.3, -0.25) is 14.3 Å². The lowest BCUT2D eigenvalue weighted by atomic mass is 10.2. The van der Waals surface area contributed by atoms with Gasteiger partial charge in [-0.25, -0.2) is 13.6 Å². The SMILES string of the molecule is CC(C)(C)[Si](OC[C@@H]1O[C@H](n2cc(C(F)F)c(=O)[nH]c2=O)C(Cl)C1O)(c1ccccc1)c1ccccc1. The molecule has 0 spiro atoms. The van der Waals surface area contributed by atoms with Crippen molar-refractivity contribution >= 4 is 30.3 Å². The van der Waals surface area contributed by atoms with E-state index in [9.17, 15) is 23.5 Å². The second kappa shape index (κ2) is 10.6. The van der Waals surface area contributed by atoms with Crippen molar-refractivity contribution < 1.29 is 23.1 Å². The van der Waals surface area contributed by atoms with Crippen LogP contribution in [0.1, 0.15) is 39.0 Å². The van der Waals surface area contributed by atoms with Crippen LogP contribution in [0, 0.1) is 0 Å². The molecule has 198 valence electrons. The molecule has 2 heterocycles. The Bertz CT molecular complexity index is 1290. The van der Waals surface area contributed by atoms with Crippen LogP contribution < -0.4 is 21.6 Å². The molecule has 4 rings (SSSR count). The number of halogens is 3. The maximum Gasteiger partial charge on any atom is 0.330 e. The molecule has 0 saturated carbocycles. The van der Waals surface area contributed by atoms with Crippen molar-refractivity contribution in [3.8, 4) is 0 Å². The molecule has 2 unspecified atom stereocenters. The van der Waals surface area contributed by atoms with Gasteiger partial charge < -0.3 is 14.3 Å². The molecule has 11 heteroatoms. The van der Waals surface area contributed by atoms with Gasteiger partial charge in [0.05, 0.1) is 12.2 Å². The maximum absolute atomic E-state index is 13.3. The minimum Gasteiger partial charge on any atom is -0.405 e. The first kappa shape index (κ1) is 27.4. The topological polar surface area (TPSA) is 93.5 Å². The second-order valence-corrected chi connectivity index (χ2v) is 14.8. The van der Waals surface area contributed by atoms with E-state index in [0.29, 0.717) is 0 Å². The number of alkyl halides is 3. The zero-order chi connectivity index (χ0) is 27.0. The summed E-state index contributed by atoms with van der Waals surface area (Å²) in [6.07, 6.45) is -5.89. The van der Waals surface area contributed by atoms with Crippen LogP contribution >= 0.6 is 11.6 Å². The van der Waals surface area contributed by atoms with E-state index in [1.165, 1.54) is 0 Å². The summed E-state index contributed by atoms with van der Waals surface area (Å²) in [6, 6.07) is 19.7. The Morgan fingerprint density at radius 2 is 1.62 bits per heavy atom. The molecule has 2 N–H and O–H groups in total. The van der Waals surface area contributed by atoms with Gasteiger partial charge >= 0.3 is 5.69 Å². The van der Waals surface area contributed by atoms with Gasteiger partial charge in [0.25, 0.3) is 20.3 Å². The Balaban J connectivity index is 1.69. The fourth-order valence-corrected chi connectivity index (χ4v) is 9.79. The van der Waals surface area contributed by atoms with Crippen LogP contribution in [0.5, 0.6) is 0 Å². The van der Waals surface area contributed by atoms with E-state index < -0.39 is 55.4 Å². The Kier molecular flexibility index (Phi) is 7.87. The summed E-state index contributed by atoms with van der Waals surface area (Å²) >= 11 is 6.42. The number of ether oxygens (including phenoxy) is 1. The molecule has 4 atom stereocenters. The molecule has 37 heavy (non-hydrogen) atoms.